The van der Waals surface area contributed by atoms with Crippen LogP contribution < -0.4 is 0 Å². The van der Waals surface area contributed by atoms with Crippen LogP contribution in [0.5, 0.6) is 0 Å². The summed E-state index contributed by atoms with van der Waals surface area (Å²) in [6.07, 6.45) is 0.620. The Bertz CT molecular complexity index is 1230. The quantitative estimate of drug-likeness (QED) is 0.499. The first kappa shape index (κ1) is 24.0. The lowest BCUT2D eigenvalue weighted by molar-refractivity contribution is 0.103. The minimum atomic E-state index is -3.60. The van der Waals surface area contributed by atoms with E-state index in [1.807, 2.05) is 48.1 Å². The van der Waals surface area contributed by atoms with Gasteiger partial charge in [0.15, 0.2) is 0 Å². The maximum absolute atomic E-state index is 13.4. The summed E-state index contributed by atoms with van der Waals surface area (Å²) in [5.74, 6) is 0. The summed E-state index contributed by atoms with van der Waals surface area (Å²) in [4.78, 5) is 0.323. The predicted molar refractivity (Wildman–Crippen MR) is 130 cm³/mol. The Hall–Kier alpha value is -2.19. The minimum absolute atomic E-state index is 0.0288. The summed E-state index contributed by atoms with van der Waals surface area (Å²) in [6.45, 7) is 7.82. The molecule has 2 aromatic carbocycles. The Morgan fingerprint density at radius 2 is 1.70 bits per heavy atom. The normalized spacial score (nSPS) is 14.9. The molecule has 176 valence electrons. The molecule has 0 amide bonds. The lowest BCUT2D eigenvalue weighted by Crippen LogP contribution is -2.36. The Morgan fingerprint density at radius 3 is 2.33 bits per heavy atom. The van der Waals surface area contributed by atoms with Gasteiger partial charge in [-0.25, -0.2) is 8.42 Å². The lowest BCUT2D eigenvalue weighted by Gasteiger charge is -2.27. The maximum atomic E-state index is 13.4. The van der Waals surface area contributed by atoms with Gasteiger partial charge in [-0.3, -0.25) is 4.68 Å². The largest absolute Gasteiger partial charge is 0.370 e. The van der Waals surface area contributed by atoms with Crippen molar-refractivity contribution >= 4 is 21.6 Å². The third-order valence-corrected chi connectivity index (χ3v) is 8.18. The smallest absolute Gasteiger partial charge is 0.243 e. The standard InChI is InChI=1S/C25H30ClN3O3S/c1-25(2,3)19-7-11-21(12-8-19)33(30,31)29-14-13-24-22(15-29)23(27-28(24)4)17-32-16-18-5-9-20(26)10-6-18/h5-12H,13-17H2,1-4H3. The monoisotopic (exact) mass is 487 g/mol. The molecular weight excluding hydrogens is 458 g/mol. The summed E-state index contributed by atoms with van der Waals surface area (Å²) in [7, 11) is -1.70. The molecule has 0 saturated heterocycles. The summed E-state index contributed by atoms with van der Waals surface area (Å²) in [5.41, 5.74) is 4.88. The van der Waals surface area contributed by atoms with E-state index in [1.54, 1.807) is 16.4 Å². The lowest BCUT2D eigenvalue weighted by atomic mass is 9.87. The zero-order chi connectivity index (χ0) is 23.8. The van der Waals surface area contributed by atoms with E-state index >= 15 is 0 Å². The van der Waals surface area contributed by atoms with Crippen LogP contribution in [0.4, 0.5) is 0 Å². The highest BCUT2D eigenvalue weighted by Gasteiger charge is 2.32. The highest BCUT2D eigenvalue weighted by atomic mass is 35.5. The first-order valence-corrected chi connectivity index (χ1v) is 12.8. The van der Waals surface area contributed by atoms with Crippen molar-refractivity contribution < 1.29 is 13.2 Å². The van der Waals surface area contributed by atoms with Gasteiger partial charge in [0.2, 0.25) is 10.0 Å². The molecule has 0 atom stereocenters. The molecular formula is C25H30ClN3O3S. The van der Waals surface area contributed by atoms with E-state index in [0.29, 0.717) is 42.6 Å². The van der Waals surface area contributed by atoms with Crippen molar-refractivity contribution in [2.45, 2.75) is 57.3 Å². The van der Waals surface area contributed by atoms with E-state index in [9.17, 15) is 8.42 Å². The number of sulfonamides is 1. The topological polar surface area (TPSA) is 64.4 Å². The summed E-state index contributed by atoms with van der Waals surface area (Å²) < 4.78 is 36.0. The van der Waals surface area contributed by atoms with Crippen molar-refractivity contribution in [3.63, 3.8) is 0 Å². The summed E-state index contributed by atoms with van der Waals surface area (Å²) in [5, 5.41) is 5.30. The molecule has 1 aromatic heterocycles. The Balaban J connectivity index is 1.49. The van der Waals surface area contributed by atoms with Gasteiger partial charge in [-0.1, -0.05) is 56.6 Å². The molecule has 0 radical (unpaired) electrons. The number of benzene rings is 2. The fraction of sp³-hybridized carbons (Fsp3) is 0.400. The fourth-order valence-electron chi connectivity index (χ4n) is 4.09. The Morgan fingerprint density at radius 1 is 1.03 bits per heavy atom. The van der Waals surface area contributed by atoms with Crippen molar-refractivity contribution in [3.8, 4) is 0 Å². The zero-order valence-electron chi connectivity index (χ0n) is 19.5. The first-order valence-electron chi connectivity index (χ1n) is 11.0. The summed E-state index contributed by atoms with van der Waals surface area (Å²) >= 11 is 5.94. The molecule has 1 aliphatic heterocycles. The molecule has 0 aliphatic carbocycles. The van der Waals surface area contributed by atoms with Crippen LogP contribution in [0.15, 0.2) is 53.4 Å². The van der Waals surface area contributed by atoms with Gasteiger partial charge in [-0.2, -0.15) is 9.40 Å². The Kier molecular flexibility index (Phi) is 6.69. The molecule has 2 heterocycles. The molecule has 4 rings (SSSR count). The van der Waals surface area contributed by atoms with Gasteiger partial charge in [0.25, 0.3) is 0 Å². The number of hydrogen-bond donors (Lipinski definition) is 0. The van der Waals surface area contributed by atoms with Crippen molar-refractivity contribution in [1.82, 2.24) is 14.1 Å². The van der Waals surface area contributed by atoms with E-state index < -0.39 is 10.0 Å². The van der Waals surface area contributed by atoms with Crippen molar-refractivity contribution in [3.05, 3.63) is 81.6 Å². The van der Waals surface area contributed by atoms with Crippen LogP contribution in [0, 0.1) is 0 Å². The number of aryl methyl sites for hydroxylation is 1. The molecule has 3 aromatic rings. The van der Waals surface area contributed by atoms with Gasteiger partial charge < -0.3 is 4.74 Å². The number of nitrogens with zero attached hydrogens (tertiary/aromatic N) is 3. The van der Waals surface area contributed by atoms with Crippen LogP contribution in [0.2, 0.25) is 5.02 Å². The van der Waals surface area contributed by atoms with Gasteiger partial charge in [0.05, 0.1) is 23.8 Å². The van der Waals surface area contributed by atoms with Crippen LogP contribution in [0.3, 0.4) is 0 Å². The molecule has 0 N–H and O–H groups in total. The van der Waals surface area contributed by atoms with E-state index in [0.717, 1.165) is 28.1 Å². The van der Waals surface area contributed by atoms with Gasteiger partial charge in [-0.05, 0) is 40.8 Å². The highest BCUT2D eigenvalue weighted by Crippen LogP contribution is 2.29. The SMILES string of the molecule is Cn1nc(COCc2ccc(Cl)cc2)c2c1CCN(S(=O)(=O)c1ccc(C(C)(C)C)cc1)C2. The molecule has 0 saturated carbocycles. The van der Waals surface area contributed by atoms with Gasteiger partial charge in [0, 0.05) is 42.8 Å². The van der Waals surface area contributed by atoms with Gasteiger partial charge in [-0.15, -0.1) is 0 Å². The zero-order valence-corrected chi connectivity index (χ0v) is 21.1. The van der Waals surface area contributed by atoms with E-state index in [-0.39, 0.29) is 5.41 Å². The third-order valence-electron chi connectivity index (χ3n) is 6.07. The molecule has 6 nitrogen and oxygen atoms in total. The highest BCUT2D eigenvalue weighted by molar-refractivity contribution is 7.89. The molecule has 1 aliphatic rings. The van der Waals surface area contributed by atoms with Crippen LogP contribution in [0.1, 0.15) is 48.8 Å². The molecule has 0 fully saturated rings. The van der Waals surface area contributed by atoms with Crippen LogP contribution >= 0.6 is 11.6 Å². The molecule has 0 bridgehead atoms. The van der Waals surface area contributed by atoms with E-state index in [1.165, 1.54) is 0 Å². The number of rotatable bonds is 6. The number of aromatic nitrogens is 2. The second kappa shape index (κ2) is 9.22. The third kappa shape index (κ3) is 5.17. The fourth-order valence-corrected chi connectivity index (χ4v) is 5.62. The number of hydrogen-bond acceptors (Lipinski definition) is 4. The molecule has 0 unspecified atom stereocenters. The second-order valence-corrected chi connectivity index (χ2v) is 11.9. The predicted octanol–water partition coefficient (Wildman–Crippen LogP) is 4.83. The van der Waals surface area contributed by atoms with Crippen molar-refractivity contribution in [2.24, 2.45) is 7.05 Å². The minimum Gasteiger partial charge on any atom is -0.370 e. The van der Waals surface area contributed by atoms with E-state index in [4.69, 9.17) is 16.3 Å². The van der Waals surface area contributed by atoms with Crippen LogP contribution in [-0.4, -0.2) is 29.0 Å². The summed E-state index contributed by atoms with van der Waals surface area (Å²) in [6, 6.07) is 14.8. The Labute approximate surface area is 201 Å². The van der Waals surface area contributed by atoms with Crippen LogP contribution in [0.25, 0.3) is 0 Å². The number of ether oxygens (including phenoxy) is 1. The molecule has 33 heavy (non-hydrogen) atoms. The van der Waals surface area contributed by atoms with Crippen molar-refractivity contribution in [1.29, 1.82) is 0 Å². The number of halogens is 1. The van der Waals surface area contributed by atoms with Gasteiger partial charge in [0.1, 0.15) is 0 Å². The molecule has 0 spiro atoms. The van der Waals surface area contributed by atoms with Crippen molar-refractivity contribution in [2.75, 3.05) is 6.54 Å². The maximum Gasteiger partial charge on any atom is 0.243 e. The first-order chi connectivity index (χ1) is 15.6. The van der Waals surface area contributed by atoms with Crippen LogP contribution in [-0.2, 0) is 53.4 Å². The van der Waals surface area contributed by atoms with E-state index in [2.05, 4.69) is 25.9 Å². The average molecular weight is 488 g/mol. The average Bonchev–Trinajstić information content (AvgIpc) is 3.09. The second-order valence-electron chi connectivity index (χ2n) is 9.48. The molecule has 8 heteroatoms. The van der Waals surface area contributed by atoms with Gasteiger partial charge >= 0.3 is 0 Å². The number of fused-ring (bicyclic) bond motifs is 1.